The number of benzene rings is 1. The van der Waals surface area contributed by atoms with Crippen molar-refractivity contribution in [1.29, 1.82) is 0 Å². The molecule has 0 aliphatic heterocycles. The molecule has 6 nitrogen and oxygen atoms in total. The van der Waals surface area contributed by atoms with Crippen LogP contribution in [0.4, 0.5) is 5.69 Å². The Morgan fingerprint density at radius 1 is 1.29 bits per heavy atom. The maximum absolute atomic E-state index is 12.2. The predicted molar refractivity (Wildman–Crippen MR) is 81.9 cm³/mol. The second-order valence-electron chi connectivity index (χ2n) is 4.73. The summed E-state index contributed by atoms with van der Waals surface area (Å²) in [5.41, 5.74) is 8.04. The molecule has 0 unspecified atom stereocenters. The number of aryl methyl sites for hydroxylation is 1. The van der Waals surface area contributed by atoms with E-state index in [0.717, 1.165) is 16.3 Å². The molecule has 0 bridgehead atoms. The normalized spacial score (nSPS) is 10.3. The Morgan fingerprint density at radius 3 is 2.86 bits per heavy atom. The van der Waals surface area contributed by atoms with Crippen LogP contribution in [0.15, 0.2) is 24.4 Å². The number of rotatable bonds is 6. The van der Waals surface area contributed by atoms with Crippen molar-refractivity contribution < 1.29 is 9.59 Å². The largest absolute Gasteiger partial charge is 0.398 e. The van der Waals surface area contributed by atoms with Crippen molar-refractivity contribution in [3.05, 3.63) is 35.7 Å². The molecular weight excluding hydrogens is 268 g/mol. The summed E-state index contributed by atoms with van der Waals surface area (Å²) < 4.78 is 0. The number of amides is 2. The molecule has 0 aliphatic carbocycles. The molecule has 0 fully saturated rings. The Bertz CT molecular complexity index is 670. The van der Waals surface area contributed by atoms with Crippen LogP contribution < -0.4 is 16.4 Å². The van der Waals surface area contributed by atoms with E-state index in [2.05, 4.69) is 15.6 Å². The van der Waals surface area contributed by atoms with E-state index in [0.29, 0.717) is 37.3 Å². The molecule has 1 aromatic carbocycles. The Labute approximate surface area is 122 Å². The minimum atomic E-state index is -0.241. The van der Waals surface area contributed by atoms with Crippen molar-refractivity contribution in [3.63, 3.8) is 0 Å². The van der Waals surface area contributed by atoms with E-state index >= 15 is 0 Å². The molecule has 0 saturated heterocycles. The number of carbonyl (C=O) groups is 2. The van der Waals surface area contributed by atoms with Crippen molar-refractivity contribution in [2.24, 2.45) is 0 Å². The number of fused-ring (bicyclic) bond motifs is 1. The first-order chi connectivity index (χ1) is 10.1. The maximum Gasteiger partial charge on any atom is 0.270 e. The summed E-state index contributed by atoms with van der Waals surface area (Å²) in [6.07, 6.45) is 2.89. The number of nitrogens with one attached hydrogen (secondary N) is 2. The molecule has 1 aromatic heterocycles. The first kappa shape index (κ1) is 14.8. The highest BCUT2D eigenvalue weighted by atomic mass is 16.2. The Balaban J connectivity index is 2.16. The van der Waals surface area contributed by atoms with Gasteiger partial charge in [0, 0.05) is 35.7 Å². The van der Waals surface area contributed by atoms with Crippen LogP contribution in [0, 0.1) is 6.92 Å². The lowest BCUT2D eigenvalue weighted by atomic mass is 10.0. The van der Waals surface area contributed by atoms with Gasteiger partial charge in [0.05, 0.1) is 0 Å². The highest BCUT2D eigenvalue weighted by Gasteiger charge is 2.12. The zero-order valence-corrected chi connectivity index (χ0v) is 11.8. The summed E-state index contributed by atoms with van der Waals surface area (Å²) >= 11 is 0. The molecule has 2 aromatic rings. The van der Waals surface area contributed by atoms with Gasteiger partial charge in [0.2, 0.25) is 6.41 Å². The van der Waals surface area contributed by atoms with Gasteiger partial charge in [-0.2, -0.15) is 0 Å². The van der Waals surface area contributed by atoms with Crippen LogP contribution in [0.5, 0.6) is 0 Å². The van der Waals surface area contributed by atoms with E-state index in [9.17, 15) is 9.59 Å². The lowest BCUT2D eigenvalue weighted by Gasteiger charge is -2.10. The quantitative estimate of drug-likeness (QED) is 0.419. The van der Waals surface area contributed by atoms with Gasteiger partial charge in [0.15, 0.2) is 0 Å². The summed E-state index contributed by atoms with van der Waals surface area (Å²) in [6.45, 7) is 2.92. The fourth-order valence-electron chi connectivity index (χ4n) is 2.10. The average molecular weight is 286 g/mol. The van der Waals surface area contributed by atoms with Crippen molar-refractivity contribution in [2.75, 3.05) is 18.8 Å². The van der Waals surface area contributed by atoms with E-state index in [1.807, 2.05) is 25.1 Å². The zero-order valence-electron chi connectivity index (χ0n) is 11.8. The van der Waals surface area contributed by atoms with E-state index in [-0.39, 0.29) is 5.91 Å². The van der Waals surface area contributed by atoms with E-state index in [1.165, 1.54) is 0 Å². The number of hydrogen-bond acceptors (Lipinski definition) is 4. The van der Waals surface area contributed by atoms with Crippen LogP contribution in [0.1, 0.15) is 22.5 Å². The monoisotopic (exact) mass is 286 g/mol. The topological polar surface area (TPSA) is 97.1 Å². The smallest absolute Gasteiger partial charge is 0.270 e. The standard InChI is InChI=1S/C15H18N4O2/c1-10-3-4-12-11(13(10)16)5-8-18-14(12)15(21)19-7-2-6-17-9-20/h3-5,8-9H,2,6-7,16H2,1H3,(H,17,20)(H,19,21). The summed E-state index contributed by atoms with van der Waals surface area (Å²) in [6, 6.07) is 5.55. The van der Waals surface area contributed by atoms with Crippen molar-refractivity contribution in [1.82, 2.24) is 15.6 Å². The number of anilines is 1. The second kappa shape index (κ2) is 6.69. The zero-order chi connectivity index (χ0) is 15.2. The number of aromatic nitrogens is 1. The third-order valence-electron chi connectivity index (χ3n) is 3.29. The van der Waals surface area contributed by atoms with Gasteiger partial charge in [-0.25, -0.2) is 0 Å². The van der Waals surface area contributed by atoms with Gasteiger partial charge in [-0.1, -0.05) is 12.1 Å². The highest BCUT2D eigenvalue weighted by Crippen LogP contribution is 2.25. The van der Waals surface area contributed by atoms with E-state index in [4.69, 9.17) is 5.73 Å². The molecular formula is C15H18N4O2. The fraction of sp³-hybridized carbons (Fsp3) is 0.267. The molecule has 6 heteroatoms. The number of nitrogens with two attached hydrogens (primary N) is 1. The number of hydrogen-bond donors (Lipinski definition) is 3. The number of nitrogen functional groups attached to an aromatic ring is 1. The molecule has 2 rings (SSSR count). The number of nitrogens with zero attached hydrogens (tertiary/aromatic N) is 1. The molecule has 0 saturated carbocycles. The second-order valence-corrected chi connectivity index (χ2v) is 4.73. The molecule has 0 atom stereocenters. The maximum atomic E-state index is 12.2. The van der Waals surface area contributed by atoms with Crippen LogP contribution in [-0.2, 0) is 4.79 Å². The first-order valence-electron chi connectivity index (χ1n) is 6.74. The van der Waals surface area contributed by atoms with Gasteiger partial charge in [0.25, 0.3) is 5.91 Å². The van der Waals surface area contributed by atoms with Crippen molar-refractivity contribution >= 4 is 28.8 Å². The van der Waals surface area contributed by atoms with Gasteiger partial charge in [-0.3, -0.25) is 14.6 Å². The van der Waals surface area contributed by atoms with Gasteiger partial charge in [-0.05, 0) is 25.0 Å². The minimum Gasteiger partial charge on any atom is -0.398 e. The fourth-order valence-corrected chi connectivity index (χ4v) is 2.10. The molecule has 4 N–H and O–H groups in total. The summed E-state index contributed by atoms with van der Waals surface area (Å²) in [5.74, 6) is -0.241. The SMILES string of the molecule is Cc1ccc2c(C(=O)NCCCNC=O)nccc2c1N. The van der Waals surface area contributed by atoms with E-state index < -0.39 is 0 Å². The average Bonchev–Trinajstić information content (AvgIpc) is 2.50. The molecule has 0 spiro atoms. The van der Waals surface area contributed by atoms with Crippen LogP contribution in [-0.4, -0.2) is 30.4 Å². The van der Waals surface area contributed by atoms with Crippen LogP contribution in [0.25, 0.3) is 10.8 Å². The van der Waals surface area contributed by atoms with Gasteiger partial charge >= 0.3 is 0 Å². The van der Waals surface area contributed by atoms with Gasteiger partial charge in [0.1, 0.15) is 5.69 Å². The van der Waals surface area contributed by atoms with Crippen LogP contribution >= 0.6 is 0 Å². The van der Waals surface area contributed by atoms with Crippen LogP contribution in [0.3, 0.4) is 0 Å². The molecule has 110 valence electrons. The summed E-state index contributed by atoms with van der Waals surface area (Å²) in [7, 11) is 0. The molecule has 2 amide bonds. The van der Waals surface area contributed by atoms with Gasteiger partial charge < -0.3 is 16.4 Å². The predicted octanol–water partition coefficient (Wildman–Crippen LogP) is 0.991. The summed E-state index contributed by atoms with van der Waals surface area (Å²) in [5, 5.41) is 6.90. The first-order valence-corrected chi connectivity index (χ1v) is 6.74. The van der Waals surface area contributed by atoms with Gasteiger partial charge in [-0.15, -0.1) is 0 Å². The molecule has 21 heavy (non-hydrogen) atoms. The molecule has 0 radical (unpaired) electrons. The lowest BCUT2D eigenvalue weighted by molar-refractivity contribution is -0.109. The number of pyridine rings is 1. The third-order valence-corrected chi connectivity index (χ3v) is 3.29. The van der Waals surface area contributed by atoms with Crippen LogP contribution in [0.2, 0.25) is 0 Å². The highest BCUT2D eigenvalue weighted by molar-refractivity contribution is 6.08. The Hall–Kier alpha value is -2.63. The van der Waals surface area contributed by atoms with Crippen molar-refractivity contribution in [2.45, 2.75) is 13.3 Å². The molecule has 1 heterocycles. The lowest BCUT2D eigenvalue weighted by Crippen LogP contribution is -2.27. The third kappa shape index (κ3) is 3.28. The molecule has 0 aliphatic rings. The number of carbonyl (C=O) groups excluding carboxylic acids is 2. The Morgan fingerprint density at radius 2 is 2.10 bits per heavy atom. The van der Waals surface area contributed by atoms with Crippen molar-refractivity contribution in [3.8, 4) is 0 Å². The van der Waals surface area contributed by atoms with E-state index in [1.54, 1.807) is 6.20 Å². The Kier molecular flexibility index (Phi) is 4.71. The minimum absolute atomic E-state index is 0.241. The summed E-state index contributed by atoms with van der Waals surface area (Å²) in [4.78, 5) is 26.4.